The molecule has 0 aromatic heterocycles. The molecule has 1 aromatic rings. The van der Waals surface area contributed by atoms with Gasteiger partial charge >= 0.3 is 65.9 Å². The van der Waals surface area contributed by atoms with Gasteiger partial charge in [0.05, 0.1) is 0 Å². The molecule has 0 aliphatic carbocycles. The summed E-state index contributed by atoms with van der Waals surface area (Å²) in [5, 5.41) is 16.4. The molecule has 0 saturated carbocycles. The van der Waals surface area contributed by atoms with E-state index in [1.807, 2.05) is 18.2 Å². The number of hydrogen-bond acceptors (Lipinski definition) is 2. The monoisotopic (exact) mass is 176 g/mol. The summed E-state index contributed by atoms with van der Waals surface area (Å²) in [6, 6.07) is 7.41. The molecule has 0 amide bonds. The van der Waals surface area contributed by atoms with Crippen molar-refractivity contribution in [2.75, 3.05) is 0 Å². The summed E-state index contributed by atoms with van der Waals surface area (Å²) < 4.78 is 1.06. The van der Waals surface area contributed by atoms with Gasteiger partial charge in [-0.15, -0.1) is 0 Å². The van der Waals surface area contributed by atoms with Gasteiger partial charge in [-0.3, -0.25) is 4.79 Å². The number of phenols is 1. The quantitative estimate of drug-likeness (QED) is 0.558. The van der Waals surface area contributed by atoms with Gasteiger partial charge in [-0.2, -0.15) is 0 Å². The third-order valence-electron chi connectivity index (χ3n) is 1.12. The molecule has 60 valence electrons. The molecule has 0 aliphatic heterocycles. The van der Waals surface area contributed by atoms with Gasteiger partial charge in [0.25, 0.3) is 5.97 Å². The first kappa shape index (κ1) is 11.5. The molecule has 0 heterocycles. The number of hydrogen-bond donors (Lipinski definition) is 2. The van der Waals surface area contributed by atoms with Crippen molar-refractivity contribution in [3.05, 3.63) is 24.3 Å². The molecule has 0 bridgehead atoms. The normalized spacial score (nSPS) is 8.25. The Balaban J connectivity index is 0.000000261. The summed E-state index contributed by atoms with van der Waals surface area (Å²) in [6.07, 6.45) is 0. The summed E-state index contributed by atoms with van der Waals surface area (Å²) >= 11 is 0.926. The van der Waals surface area contributed by atoms with Gasteiger partial charge in [-0.1, -0.05) is 0 Å². The molecule has 12 heavy (non-hydrogen) atoms. The van der Waals surface area contributed by atoms with Crippen LogP contribution in [0, 0.1) is 0 Å². The molecule has 1 aromatic carbocycles. The molecular formula is C8H9NaO3. The van der Waals surface area contributed by atoms with Crippen molar-refractivity contribution >= 4 is 36.7 Å². The Morgan fingerprint density at radius 2 is 1.83 bits per heavy atom. The van der Waals surface area contributed by atoms with E-state index in [1.54, 1.807) is 6.07 Å². The maximum absolute atomic E-state index is 9.00. The van der Waals surface area contributed by atoms with Crippen LogP contribution < -0.4 is 2.81 Å². The predicted octanol–water partition coefficient (Wildman–Crippen LogP) is 0.277. The SMILES string of the molecule is CC(=O)O.Oc1cccc[c]1[Na]. The number of rotatable bonds is 0. The van der Waals surface area contributed by atoms with Crippen LogP contribution in [0.4, 0.5) is 0 Å². The van der Waals surface area contributed by atoms with Crippen LogP contribution in [0.5, 0.6) is 5.75 Å². The summed E-state index contributed by atoms with van der Waals surface area (Å²) in [6.45, 7) is 1.08. The molecule has 0 unspecified atom stereocenters. The molecule has 0 radical (unpaired) electrons. The Bertz CT molecular complexity index is 235. The summed E-state index contributed by atoms with van der Waals surface area (Å²) in [4.78, 5) is 9.00. The second-order valence-electron chi connectivity index (χ2n) is 2.31. The van der Waals surface area contributed by atoms with Crippen molar-refractivity contribution in [2.24, 2.45) is 0 Å². The molecule has 4 heteroatoms. The van der Waals surface area contributed by atoms with Crippen LogP contribution in [0.3, 0.4) is 0 Å². The second-order valence-corrected chi connectivity index (χ2v) is 3.38. The molecule has 0 fully saturated rings. The minimum absolute atomic E-state index is 0.430. The van der Waals surface area contributed by atoms with E-state index < -0.39 is 5.97 Å². The van der Waals surface area contributed by atoms with E-state index >= 15 is 0 Å². The molecule has 0 atom stereocenters. The molecular weight excluding hydrogens is 167 g/mol. The van der Waals surface area contributed by atoms with Crippen molar-refractivity contribution in [2.45, 2.75) is 6.92 Å². The molecule has 2 N–H and O–H groups in total. The number of carboxylic acid groups (broad SMARTS) is 1. The third-order valence-corrected chi connectivity index (χ3v) is 1.96. The average molecular weight is 176 g/mol. The van der Waals surface area contributed by atoms with Crippen LogP contribution in [0.15, 0.2) is 24.3 Å². The molecule has 0 spiro atoms. The van der Waals surface area contributed by atoms with E-state index in [-0.39, 0.29) is 0 Å². The van der Waals surface area contributed by atoms with E-state index in [0.717, 1.165) is 37.7 Å². The molecule has 0 saturated heterocycles. The fourth-order valence-electron chi connectivity index (χ4n) is 0.563. The zero-order chi connectivity index (χ0) is 9.56. The fraction of sp³-hybridized carbons (Fsp3) is 0.125. The Morgan fingerprint density at radius 3 is 2.08 bits per heavy atom. The fourth-order valence-corrected chi connectivity index (χ4v) is 0.923. The number of carbonyl (C=O) groups is 1. The van der Waals surface area contributed by atoms with Crippen molar-refractivity contribution in [1.29, 1.82) is 0 Å². The number of para-hydroxylation sites is 1. The van der Waals surface area contributed by atoms with Gasteiger partial charge < -0.3 is 5.11 Å². The topological polar surface area (TPSA) is 57.5 Å². The number of benzene rings is 1. The van der Waals surface area contributed by atoms with Crippen LogP contribution >= 0.6 is 0 Å². The van der Waals surface area contributed by atoms with Gasteiger partial charge in [0.15, 0.2) is 0 Å². The standard InChI is InChI=1S/C6H5O.C2H4O2.Na/c7-6-4-2-1-3-5-6;1-2(3)4;/h1-4,7H;1H3,(H,3,4);. The maximum atomic E-state index is 9.00. The van der Waals surface area contributed by atoms with Crippen molar-refractivity contribution in [3.63, 3.8) is 0 Å². The van der Waals surface area contributed by atoms with Crippen LogP contribution in [0.2, 0.25) is 0 Å². The van der Waals surface area contributed by atoms with Gasteiger partial charge in [-0.05, 0) is 0 Å². The van der Waals surface area contributed by atoms with Gasteiger partial charge in [0.1, 0.15) is 0 Å². The van der Waals surface area contributed by atoms with Gasteiger partial charge in [0.2, 0.25) is 0 Å². The Kier molecular flexibility index (Phi) is 5.80. The van der Waals surface area contributed by atoms with E-state index in [4.69, 9.17) is 15.0 Å². The van der Waals surface area contributed by atoms with E-state index in [1.165, 1.54) is 0 Å². The molecule has 1 rings (SSSR count). The molecule has 0 aliphatic rings. The first-order valence-corrected chi connectivity index (χ1v) is 4.48. The number of aliphatic carboxylic acids is 1. The van der Waals surface area contributed by atoms with E-state index in [0.29, 0.717) is 5.75 Å². The van der Waals surface area contributed by atoms with Crippen molar-refractivity contribution < 1.29 is 15.0 Å². The third kappa shape index (κ3) is 6.22. The molecule has 3 nitrogen and oxygen atoms in total. The van der Waals surface area contributed by atoms with Crippen LogP contribution in [-0.2, 0) is 4.79 Å². The van der Waals surface area contributed by atoms with Crippen LogP contribution in [0.25, 0.3) is 0 Å². The van der Waals surface area contributed by atoms with Crippen LogP contribution in [-0.4, -0.2) is 44.1 Å². The van der Waals surface area contributed by atoms with Crippen molar-refractivity contribution in [1.82, 2.24) is 0 Å². The number of carboxylic acids is 1. The van der Waals surface area contributed by atoms with Crippen molar-refractivity contribution in [3.8, 4) is 5.75 Å². The zero-order valence-corrected chi connectivity index (χ0v) is 9.11. The summed E-state index contributed by atoms with van der Waals surface area (Å²) in [5.74, 6) is -0.404. The number of phenolic OH excluding ortho intramolecular Hbond substituents is 1. The second kappa shape index (κ2) is 6.06. The minimum atomic E-state index is -0.833. The summed E-state index contributed by atoms with van der Waals surface area (Å²) in [5.41, 5.74) is 0. The Labute approximate surface area is 88.5 Å². The average Bonchev–Trinajstić information content (AvgIpc) is 1.94. The predicted molar refractivity (Wildman–Crippen MR) is 46.8 cm³/mol. The zero-order valence-electron chi connectivity index (χ0n) is 7.11. The van der Waals surface area contributed by atoms with Crippen LogP contribution in [0.1, 0.15) is 6.92 Å². The van der Waals surface area contributed by atoms with Gasteiger partial charge in [-0.25, -0.2) is 0 Å². The summed E-state index contributed by atoms with van der Waals surface area (Å²) in [7, 11) is 0. The Hall–Kier alpha value is -0.510. The first-order chi connectivity index (χ1) is 5.54. The first-order valence-electron chi connectivity index (χ1n) is 3.48. The van der Waals surface area contributed by atoms with Gasteiger partial charge in [0, 0.05) is 6.92 Å². The van der Waals surface area contributed by atoms with E-state index in [9.17, 15) is 0 Å². The van der Waals surface area contributed by atoms with E-state index in [2.05, 4.69) is 0 Å². The number of aromatic hydroxyl groups is 1. The Morgan fingerprint density at radius 1 is 1.42 bits per heavy atom.